The van der Waals surface area contributed by atoms with E-state index in [0.29, 0.717) is 34.7 Å². The van der Waals surface area contributed by atoms with Crippen LogP contribution >= 0.6 is 11.6 Å². The predicted molar refractivity (Wildman–Crippen MR) is 107 cm³/mol. The topological polar surface area (TPSA) is 135 Å². The first-order chi connectivity index (χ1) is 13.8. The molecule has 2 aromatic heterocycles. The largest absolute Gasteiger partial charge is 0.345 e. The van der Waals surface area contributed by atoms with Gasteiger partial charge in [-0.25, -0.2) is 18.4 Å². The number of benzene rings is 2. The highest BCUT2D eigenvalue weighted by Gasteiger charge is 2.30. The first-order valence-corrected chi connectivity index (χ1v) is 10.4. The van der Waals surface area contributed by atoms with E-state index in [1.807, 2.05) is 6.92 Å². The normalized spacial score (nSPS) is 11.8. The Kier molecular flexibility index (Phi) is 4.59. The fourth-order valence-electron chi connectivity index (χ4n) is 3.01. The van der Waals surface area contributed by atoms with Crippen LogP contribution in [-0.2, 0) is 16.3 Å². The van der Waals surface area contributed by atoms with Crippen molar-refractivity contribution in [3.63, 3.8) is 0 Å². The summed E-state index contributed by atoms with van der Waals surface area (Å²) < 4.78 is 26.5. The summed E-state index contributed by atoms with van der Waals surface area (Å²) in [6.07, 6.45) is 3.69. The molecule has 9 nitrogen and oxygen atoms in total. The van der Waals surface area contributed by atoms with Crippen molar-refractivity contribution in [2.75, 3.05) is 0 Å². The molecule has 0 amide bonds. The average Bonchev–Trinajstić information content (AvgIpc) is 3.36. The Morgan fingerprint density at radius 3 is 2.66 bits per heavy atom. The van der Waals surface area contributed by atoms with Gasteiger partial charge in [0.15, 0.2) is 0 Å². The number of imidazole rings is 2. The van der Waals surface area contributed by atoms with Gasteiger partial charge in [-0.1, -0.05) is 18.5 Å². The molecule has 2 heterocycles. The summed E-state index contributed by atoms with van der Waals surface area (Å²) in [5, 5.41) is 11.6. The highest BCUT2D eigenvalue weighted by atomic mass is 35.5. The number of halogens is 1. The van der Waals surface area contributed by atoms with Crippen LogP contribution in [-0.4, -0.2) is 33.3 Å². The van der Waals surface area contributed by atoms with Crippen molar-refractivity contribution in [3.8, 4) is 11.4 Å². The maximum Gasteiger partial charge on any atom is 0.289 e. The number of rotatable bonds is 5. The van der Waals surface area contributed by atoms with Crippen molar-refractivity contribution in [2.45, 2.75) is 23.1 Å². The summed E-state index contributed by atoms with van der Waals surface area (Å²) in [5.41, 5.74) is 0.838. The molecule has 0 fully saturated rings. The predicted octanol–water partition coefficient (Wildman–Crippen LogP) is 3.91. The van der Waals surface area contributed by atoms with Crippen LogP contribution in [0.25, 0.3) is 22.4 Å². The lowest BCUT2D eigenvalue weighted by Crippen LogP contribution is -2.07. The highest BCUT2D eigenvalue weighted by Crippen LogP contribution is 2.36. The zero-order chi connectivity index (χ0) is 20.8. The summed E-state index contributed by atoms with van der Waals surface area (Å²) in [4.78, 5) is 24.4. The maximum absolute atomic E-state index is 13.3. The van der Waals surface area contributed by atoms with E-state index in [4.69, 9.17) is 11.6 Å². The Balaban J connectivity index is 1.90. The molecule has 11 heteroatoms. The molecule has 0 saturated carbocycles. The van der Waals surface area contributed by atoms with Crippen molar-refractivity contribution in [1.82, 2.24) is 19.9 Å². The number of sulfone groups is 1. The molecule has 148 valence electrons. The quantitative estimate of drug-likeness (QED) is 0.363. The lowest BCUT2D eigenvalue weighted by Gasteiger charge is -2.08. The Bertz CT molecular complexity index is 1350. The van der Waals surface area contributed by atoms with Gasteiger partial charge in [-0.2, -0.15) is 0 Å². The van der Waals surface area contributed by atoms with Crippen molar-refractivity contribution >= 4 is 38.2 Å². The van der Waals surface area contributed by atoms with Gasteiger partial charge in [0.2, 0.25) is 9.84 Å². The third-order valence-corrected chi connectivity index (χ3v) is 6.69. The molecular weight excluding hydrogens is 418 g/mol. The molecule has 0 bridgehead atoms. The van der Waals surface area contributed by atoms with Gasteiger partial charge in [0.05, 0.1) is 25.9 Å². The highest BCUT2D eigenvalue weighted by molar-refractivity contribution is 7.91. The second-order valence-corrected chi connectivity index (χ2v) is 8.51. The van der Waals surface area contributed by atoms with Gasteiger partial charge < -0.3 is 9.97 Å². The maximum atomic E-state index is 13.3. The minimum atomic E-state index is -4.27. The van der Waals surface area contributed by atoms with Crippen LogP contribution in [0.1, 0.15) is 12.7 Å². The van der Waals surface area contributed by atoms with Crippen molar-refractivity contribution in [3.05, 3.63) is 63.7 Å². The summed E-state index contributed by atoms with van der Waals surface area (Å²) in [7, 11) is -4.27. The molecule has 0 aliphatic heterocycles. The Hall–Kier alpha value is -3.24. The number of hydrogen-bond acceptors (Lipinski definition) is 6. The lowest BCUT2D eigenvalue weighted by atomic mass is 10.2. The van der Waals surface area contributed by atoms with Crippen molar-refractivity contribution in [2.24, 2.45) is 0 Å². The summed E-state index contributed by atoms with van der Waals surface area (Å²) in [6.45, 7) is 1.90. The summed E-state index contributed by atoms with van der Waals surface area (Å²) in [6, 6.07) is 6.60. The van der Waals surface area contributed by atoms with Crippen LogP contribution in [0, 0.1) is 10.1 Å². The minimum absolute atomic E-state index is 0.0592. The fourth-order valence-corrected chi connectivity index (χ4v) is 4.96. The van der Waals surface area contributed by atoms with Crippen LogP contribution in [0.4, 0.5) is 5.69 Å². The van der Waals surface area contributed by atoms with Crippen molar-refractivity contribution < 1.29 is 13.3 Å². The molecule has 2 N–H and O–H groups in total. The molecule has 4 rings (SSSR count). The van der Waals surface area contributed by atoms with Gasteiger partial charge in [-0.3, -0.25) is 10.1 Å². The van der Waals surface area contributed by atoms with Gasteiger partial charge in [0.25, 0.3) is 5.69 Å². The second kappa shape index (κ2) is 6.98. The third-order valence-electron chi connectivity index (χ3n) is 4.43. The van der Waals surface area contributed by atoms with E-state index in [9.17, 15) is 18.5 Å². The monoisotopic (exact) mass is 431 g/mol. The van der Waals surface area contributed by atoms with Crippen LogP contribution in [0.2, 0.25) is 5.02 Å². The van der Waals surface area contributed by atoms with Gasteiger partial charge in [-0.05, 0) is 24.3 Å². The Morgan fingerprint density at radius 1 is 1.21 bits per heavy atom. The average molecular weight is 432 g/mol. The van der Waals surface area contributed by atoms with Gasteiger partial charge in [-0.15, -0.1) is 0 Å². The van der Waals surface area contributed by atoms with E-state index < -0.39 is 25.3 Å². The number of aromatic amines is 2. The Morgan fingerprint density at radius 2 is 2.00 bits per heavy atom. The molecule has 0 aliphatic rings. The third kappa shape index (κ3) is 3.26. The van der Waals surface area contributed by atoms with Crippen LogP contribution in [0.15, 0.2) is 52.5 Å². The number of aryl methyl sites for hydroxylation is 1. The van der Waals surface area contributed by atoms with Crippen molar-refractivity contribution in [1.29, 1.82) is 0 Å². The molecule has 0 radical (unpaired) electrons. The van der Waals surface area contributed by atoms with E-state index in [1.165, 1.54) is 36.5 Å². The van der Waals surface area contributed by atoms with E-state index in [-0.39, 0.29) is 9.92 Å². The number of nitrogens with zero attached hydrogens (tertiary/aromatic N) is 3. The molecule has 0 aliphatic carbocycles. The van der Waals surface area contributed by atoms with Gasteiger partial charge >= 0.3 is 0 Å². The molecule has 0 spiro atoms. The van der Waals surface area contributed by atoms with Crippen LogP contribution < -0.4 is 0 Å². The van der Waals surface area contributed by atoms with E-state index in [0.717, 1.165) is 0 Å². The first-order valence-electron chi connectivity index (χ1n) is 8.52. The molecular formula is C18H14ClN5O4S. The van der Waals surface area contributed by atoms with E-state index >= 15 is 0 Å². The number of aromatic nitrogens is 4. The van der Waals surface area contributed by atoms with E-state index in [1.54, 1.807) is 6.20 Å². The lowest BCUT2D eigenvalue weighted by molar-refractivity contribution is -0.387. The number of nitrogens with one attached hydrogen (secondary N) is 2. The number of fused-ring (bicyclic) bond motifs is 1. The number of nitro groups is 1. The fraction of sp³-hybridized carbons (Fsp3) is 0.111. The first kappa shape index (κ1) is 19.1. The molecule has 29 heavy (non-hydrogen) atoms. The SMILES string of the molecule is CCc1nc2cc(Cl)c(S(=O)(=O)c3ccc(-c4ncc[nH]4)cc3[N+](=O)[O-])cc2[nH]1. The second-order valence-electron chi connectivity index (χ2n) is 6.22. The smallest absolute Gasteiger partial charge is 0.289 e. The molecule has 0 atom stereocenters. The molecule has 0 saturated heterocycles. The van der Waals surface area contributed by atoms with Gasteiger partial charge in [0, 0.05) is 30.4 Å². The molecule has 0 unspecified atom stereocenters. The number of nitro benzene ring substituents is 1. The molecule has 2 aromatic carbocycles. The zero-order valence-corrected chi connectivity index (χ0v) is 16.6. The summed E-state index contributed by atoms with van der Waals surface area (Å²) >= 11 is 6.22. The van der Waals surface area contributed by atoms with Crippen LogP contribution in [0.3, 0.4) is 0 Å². The zero-order valence-electron chi connectivity index (χ0n) is 15.0. The molecule has 4 aromatic rings. The standard InChI is InChI=1S/C18H14ClN5O4S/c1-2-17-22-12-8-11(19)16(9-13(12)23-17)29(27,28)15-4-3-10(7-14(15)24(25)26)18-20-5-6-21-18/h3-9H,2H2,1H3,(H,20,21)(H,22,23). The minimum Gasteiger partial charge on any atom is -0.345 e. The van der Waals surface area contributed by atoms with E-state index in [2.05, 4.69) is 19.9 Å². The van der Waals surface area contributed by atoms with Crippen LogP contribution in [0.5, 0.6) is 0 Å². The number of hydrogen-bond donors (Lipinski definition) is 2. The number of H-pyrrole nitrogens is 2. The Labute approximate surface area is 169 Å². The summed E-state index contributed by atoms with van der Waals surface area (Å²) in [5.74, 6) is 1.07. The van der Waals surface area contributed by atoms with Gasteiger partial charge in [0.1, 0.15) is 16.5 Å².